The van der Waals surface area contributed by atoms with Crippen molar-refractivity contribution in [3.05, 3.63) is 12.2 Å². The molecule has 0 fully saturated rings. The molecule has 0 aromatic rings. The Bertz CT molecular complexity index is 762. The molecule has 0 heterocycles. The Kier molecular flexibility index (Phi) is 28.2. The molecule has 264 valence electrons. The van der Waals surface area contributed by atoms with Crippen molar-refractivity contribution in [3.8, 4) is 0 Å². The largest absolute Gasteiger partial charge is 0.477 e. The van der Waals surface area contributed by atoms with Crippen LogP contribution in [0.3, 0.4) is 0 Å². The van der Waals surface area contributed by atoms with Crippen molar-refractivity contribution in [2.75, 3.05) is 41.0 Å². The minimum Gasteiger partial charge on any atom is -0.477 e. The van der Waals surface area contributed by atoms with E-state index in [0.29, 0.717) is 19.3 Å². The van der Waals surface area contributed by atoms with E-state index in [4.69, 9.17) is 14.2 Å². The zero-order valence-electron chi connectivity index (χ0n) is 29.8. The molecule has 45 heavy (non-hydrogen) atoms. The molecule has 0 aliphatic carbocycles. The van der Waals surface area contributed by atoms with Crippen molar-refractivity contribution in [1.29, 1.82) is 0 Å². The molecule has 0 rings (SSSR count). The Balaban J connectivity index is 4.32. The Labute approximate surface area is 276 Å². The second-order valence-electron chi connectivity index (χ2n) is 13.5. The van der Waals surface area contributed by atoms with Crippen LogP contribution in [0.15, 0.2) is 12.2 Å². The zero-order valence-corrected chi connectivity index (χ0v) is 29.8. The number of rotatable bonds is 32. The second kappa shape index (κ2) is 29.5. The molecule has 0 aliphatic rings. The molecule has 0 saturated carbocycles. The number of carbonyl (C=O) groups is 3. The van der Waals surface area contributed by atoms with Gasteiger partial charge in [0.25, 0.3) is 0 Å². The minimum absolute atomic E-state index is 0.0519. The van der Waals surface area contributed by atoms with Crippen LogP contribution in [0.4, 0.5) is 0 Å². The van der Waals surface area contributed by atoms with Crippen LogP contribution in [0.5, 0.6) is 0 Å². The van der Waals surface area contributed by atoms with Crippen molar-refractivity contribution in [3.63, 3.8) is 0 Å². The molecule has 0 bridgehead atoms. The van der Waals surface area contributed by atoms with Gasteiger partial charge in [0.1, 0.15) is 6.61 Å². The van der Waals surface area contributed by atoms with E-state index < -0.39 is 18.1 Å². The number of unbranched alkanes of at least 4 members (excludes halogenated alkanes) is 16. The van der Waals surface area contributed by atoms with Gasteiger partial charge in [-0.1, -0.05) is 109 Å². The smallest absolute Gasteiger partial charge is 0.362 e. The third-order valence-electron chi connectivity index (χ3n) is 8.16. The van der Waals surface area contributed by atoms with Crippen molar-refractivity contribution >= 4 is 17.9 Å². The van der Waals surface area contributed by atoms with E-state index in [1.54, 1.807) is 0 Å². The van der Waals surface area contributed by atoms with Gasteiger partial charge >= 0.3 is 17.9 Å². The molecule has 0 amide bonds. The number of likely N-dealkylation sites (N-methyl/N-ethyl adjacent to an activating group) is 1. The normalized spacial score (nSPS) is 13.2. The lowest BCUT2D eigenvalue weighted by atomic mass is 10.1. The first-order valence-corrected chi connectivity index (χ1v) is 18.2. The third-order valence-corrected chi connectivity index (χ3v) is 8.16. The van der Waals surface area contributed by atoms with Gasteiger partial charge < -0.3 is 23.8 Å². The fourth-order valence-corrected chi connectivity index (χ4v) is 5.26. The van der Waals surface area contributed by atoms with Gasteiger partial charge in [0.2, 0.25) is 0 Å². The maximum Gasteiger partial charge on any atom is 0.362 e. The number of carboxylic acids is 1. The summed E-state index contributed by atoms with van der Waals surface area (Å²) in [7, 11) is 5.50. The van der Waals surface area contributed by atoms with Gasteiger partial charge in [-0.15, -0.1) is 0 Å². The average molecular weight is 641 g/mol. The molecular formula is C37H70NO7+. The van der Waals surface area contributed by atoms with E-state index in [1.807, 2.05) is 21.1 Å². The SMILES string of the molecule is CCCCCCCCC/C=C\CCCCCCCC(=O)OC(COCCC(C(=O)O)[N+](C)(C)C)COC(=O)CCCCCCC. The average Bonchev–Trinajstić information content (AvgIpc) is 2.98. The highest BCUT2D eigenvalue weighted by Gasteiger charge is 2.31. The van der Waals surface area contributed by atoms with Crippen LogP contribution in [-0.4, -0.2) is 80.6 Å². The van der Waals surface area contributed by atoms with Crippen LogP contribution in [0.25, 0.3) is 0 Å². The molecule has 0 aliphatic heterocycles. The molecule has 0 aromatic heterocycles. The Morgan fingerprint density at radius 3 is 1.60 bits per heavy atom. The maximum atomic E-state index is 12.6. The number of ether oxygens (including phenoxy) is 3. The van der Waals surface area contributed by atoms with Gasteiger partial charge in [-0.05, 0) is 38.5 Å². The molecule has 2 atom stereocenters. The summed E-state index contributed by atoms with van der Waals surface area (Å²) in [5, 5.41) is 9.54. The highest BCUT2D eigenvalue weighted by molar-refractivity contribution is 5.72. The number of carbonyl (C=O) groups excluding carboxylic acids is 2. The summed E-state index contributed by atoms with van der Waals surface area (Å²) in [4.78, 5) is 36.4. The second-order valence-corrected chi connectivity index (χ2v) is 13.5. The van der Waals surface area contributed by atoms with Crippen molar-refractivity contribution in [2.24, 2.45) is 0 Å². The van der Waals surface area contributed by atoms with Crippen LogP contribution >= 0.6 is 0 Å². The Hall–Kier alpha value is -1.93. The van der Waals surface area contributed by atoms with Crippen LogP contribution in [0.2, 0.25) is 0 Å². The molecule has 0 aromatic carbocycles. The number of hydrogen-bond acceptors (Lipinski definition) is 6. The molecule has 1 N–H and O–H groups in total. The predicted molar refractivity (Wildman–Crippen MR) is 183 cm³/mol. The topological polar surface area (TPSA) is 99.1 Å². The van der Waals surface area contributed by atoms with Gasteiger partial charge in [0.15, 0.2) is 12.1 Å². The van der Waals surface area contributed by atoms with Crippen molar-refractivity contribution < 1.29 is 38.2 Å². The quantitative estimate of drug-likeness (QED) is 0.0339. The summed E-state index contributed by atoms with van der Waals surface area (Å²) in [6, 6.07) is -0.609. The first-order chi connectivity index (χ1) is 21.6. The number of aliphatic carboxylic acids is 1. The number of esters is 2. The van der Waals surface area contributed by atoms with Crippen LogP contribution in [-0.2, 0) is 28.6 Å². The summed E-state index contributed by atoms with van der Waals surface area (Å²) in [6.45, 7) is 4.63. The lowest BCUT2D eigenvalue weighted by molar-refractivity contribution is -0.887. The highest BCUT2D eigenvalue weighted by atomic mass is 16.6. The van der Waals surface area contributed by atoms with E-state index in [0.717, 1.165) is 64.2 Å². The Morgan fingerprint density at radius 1 is 0.644 bits per heavy atom. The van der Waals surface area contributed by atoms with Crippen LogP contribution in [0, 0.1) is 0 Å². The summed E-state index contributed by atoms with van der Waals surface area (Å²) >= 11 is 0. The number of nitrogens with zero attached hydrogens (tertiary/aromatic N) is 1. The monoisotopic (exact) mass is 641 g/mol. The van der Waals surface area contributed by atoms with Gasteiger partial charge in [0, 0.05) is 19.3 Å². The maximum absolute atomic E-state index is 12.6. The lowest BCUT2D eigenvalue weighted by Crippen LogP contribution is -2.50. The van der Waals surface area contributed by atoms with Gasteiger partial charge in [0.05, 0.1) is 34.4 Å². The first kappa shape index (κ1) is 43.1. The van der Waals surface area contributed by atoms with Crippen LogP contribution in [0.1, 0.15) is 155 Å². The number of carboxylic acid groups (broad SMARTS) is 1. The molecule has 2 unspecified atom stereocenters. The van der Waals surface area contributed by atoms with Crippen LogP contribution < -0.4 is 0 Å². The molecule has 8 heteroatoms. The van der Waals surface area contributed by atoms with Gasteiger partial charge in [-0.25, -0.2) is 4.79 Å². The molecule has 8 nitrogen and oxygen atoms in total. The molecule has 0 spiro atoms. The summed E-state index contributed by atoms with van der Waals surface area (Å²) in [6.07, 6.45) is 27.1. The van der Waals surface area contributed by atoms with E-state index in [9.17, 15) is 19.5 Å². The fourth-order valence-electron chi connectivity index (χ4n) is 5.26. The predicted octanol–water partition coefficient (Wildman–Crippen LogP) is 8.80. The van der Waals surface area contributed by atoms with E-state index in [2.05, 4.69) is 26.0 Å². The number of hydrogen-bond donors (Lipinski definition) is 1. The molecular weight excluding hydrogens is 570 g/mol. The van der Waals surface area contributed by atoms with E-state index >= 15 is 0 Å². The fraction of sp³-hybridized carbons (Fsp3) is 0.865. The summed E-state index contributed by atoms with van der Waals surface area (Å²) in [5.41, 5.74) is 0. The zero-order chi connectivity index (χ0) is 33.6. The molecule has 0 saturated heterocycles. The summed E-state index contributed by atoms with van der Waals surface area (Å²) < 4.78 is 17.1. The number of allylic oxidation sites excluding steroid dienone is 2. The number of quaternary nitrogens is 1. The minimum atomic E-state index is -0.878. The van der Waals surface area contributed by atoms with Crippen molar-refractivity contribution in [1.82, 2.24) is 0 Å². The summed E-state index contributed by atoms with van der Waals surface area (Å²) in [5.74, 6) is -1.49. The first-order valence-electron chi connectivity index (χ1n) is 18.2. The molecule has 0 radical (unpaired) electrons. The lowest BCUT2D eigenvalue weighted by Gasteiger charge is -2.31. The van der Waals surface area contributed by atoms with Gasteiger partial charge in [-0.3, -0.25) is 9.59 Å². The highest BCUT2D eigenvalue weighted by Crippen LogP contribution is 2.13. The Morgan fingerprint density at radius 2 is 1.11 bits per heavy atom. The van der Waals surface area contributed by atoms with Crippen molar-refractivity contribution in [2.45, 2.75) is 167 Å². The standard InChI is InChI=1S/C37H69NO7/c1-6-8-10-12-13-14-15-16-17-18-19-20-21-22-24-26-28-36(40)45-33(32-44-35(39)27-25-23-11-9-7-2)31-43-30-29-34(37(41)42)38(3,4)5/h17-18,33-34H,6-16,19-32H2,1-5H3/p+1/b18-17-. The van der Waals surface area contributed by atoms with Gasteiger partial charge in [-0.2, -0.15) is 0 Å². The van der Waals surface area contributed by atoms with E-state index in [1.165, 1.54) is 57.8 Å². The van der Waals surface area contributed by atoms with E-state index in [-0.39, 0.29) is 36.2 Å². The third kappa shape index (κ3) is 28.1.